The van der Waals surface area contributed by atoms with Gasteiger partial charge in [0.25, 0.3) is 0 Å². The maximum atomic E-state index is 2.59. The summed E-state index contributed by atoms with van der Waals surface area (Å²) in [5.41, 5.74) is 0. The van der Waals surface area contributed by atoms with E-state index in [1.807, 2.05) is 0 Å². The van der Waals surface area contributed by atoms with Gasteiger partial charge in [0, 0.05) is 19.1 Å². The molecule has 14 heavy (non-hydrogen) atoms. The molecule has 0 N–H and O–H groups in total. The molecule has 82 valence electrons. The smallest absolute Gasteiger partial charge is 0.0287 e. The van der Waals surface area contributed by atoms with Gasteiger partial charge < -0.3 is 4.90 Å². The summed E-state index contributed by atoms with van der Waals surface area (Å²) in [6, 6.07) is 0.697. The van der Waals surface area contributed by atoms with Crippen molar-refractivity contribution in [3.63, 3.8) is 0 Å². The van der Waals surface area contributed by atoms with Crippen LogP contribution in [0.5, 0.6) is 0 Å². The summed E-state index contributed by atoms with van der Waals surface area (Å²) in [5.74, 6) is 0. The molecule has 0 aliphatic carbocycles. The molecule has 1 heterocycles. The lowest BCUT2D eigenvalue weighted by molar-refractivity contribution is 0.251. The fourth-order valence-corrected chi connectivity index (χ4v) is 2.18. The van der Waals surface area contributed by atoms with Gasteiger partial charge in [0.15, 0.2) is 0 Å². The number of hydrogen-bond acceptors (Lipinski definition) is 3. The second kappa shape index (κ2) is 6.49. The molecule has 0 amide bonds. The van der Waals surface area contributed by atoms with E-state index in [2.05, 4.69) is 41.6 Å². The molecule has 1 rings (SSSR count). The Kier molecular flexibility index (Phi) is 5.60. The molecule has 0 bridgehead atoms. The first-order valence-corrected chi connectivity index (χ1v) is 6.61. The van der Waals surface area contributed by atoms with Crippen LogP contribution in [0, 0.1) is 0 Å². The Morgan fingerprint density at radius 3 is 2.93 bits per heavy atom. The van der Waals surface area contributed by atoms with Crippen molar-refractivity contribution in [3.05, 3.63) is 11.5 Å². The minimum absolute atomic E-state index is 0.697. The summed E-state index contributed by atoms with van der Waals surface area (Å²) in [4.78, 5) is 4.85. The Labute approximate surface area is 92.3 Å². The van der Waals surface area contributed by atoms with Gasteiger partial charge >= 0.3 is 0 Å². The van der Waals surface area contributed by atoms with Gasteiger partial charge in [-0.05, 0) is 45.1 Å². The van der Waals surface area contributed by atoms with Gasteiger partial charge in [-0.2, -0.15) is 0 Å². The Balaban J connectivity index is 2.31. The predicted octanol–water partition coefficient (Wildman–Crippen LogP) is 1.89. The van der Waals surface area contributed by atoms with E-state index in [0.29, 0.717) is 6.04 Å². The van der Waals surface area contributed by atoms with Gasteiger partial charge in [-0.15, -0.1) is 11.8 Å². The molecule has 1 unspecified atom stereocenters. The Bertz CT molecular complexity index is 180. The van der Waals surface area contributed by atoms with E-state index in [1.54, 1.807) is 11.8 Å². The summed E-state index contributed by atoms with van der Waals surface area (Å²) >= 11 is 1.80. The Morgan fingerprint density at radius 1 is 1.50 bits per heavy atom. The normalized spacial score (nSPS) is 24.1. The molecule has 0 radical (unpaired) electrons. The SMILES string of the molecule is CS/C=C/C1CCCN1CCN(C)C. The molecule has 1 atom stereocenters. The molecular weight excluding hydrogens is 192 g/mol. The zero-order chi connectivity index (χ0) is 10.4. The highest BCUT2D eigenvalue weighted by Crippen LogP contribution is 2.18. The van der Waals surface area contributed by atoms with Crippen molar-refractivity contribution < 1.29 is 0 Å². The Morgan fingerprint density at radius 2 is 2.29 bits per heavy atom. The van der Waals surface area contributed by atoms with Crippen LogP contribution in [0.3, 0.4) is 0 Å². The van der Waals surface area contributed by atoms with E-state index in [-0.39, 0.29) is 0 Å². The van der Waals surface area contributed by atoms with Gasteiger partial charge in [-0.25, -0.2) is 0 Å². The molecule has 3 heteroatoms. The maximum absolute atomic E-state index is 2.59. The Hall–Kier alpha value is 0.01000. The van der Waals surface area contributed by atoms with Gasteiger partial charge in [0.1, 0.15) is 0 Å². The lowest BCUT2D eigenvalue weighted by atomic mass is 10.2. The van der Waals surface area contributed by atoms with Gasteiger partial charge in [0.05, 0.1) is 0 Å². The molecule has 1 fully saturated rings. The molecule has 2 nitrogen and oxygen atoms in total. The van der Waals surface area contributed by atoms with Gasteiger partial charge in [0.2, 0.25) is 0 Å². The summed E-state index contributed by atoms with van der Waals surface area (Å²) in [5, 5.41) is 2.22. The summed E-state index contributed by atoms with van der Waals surface area (Å²) in [6.45, 7) is 3.65. The molecule has 0 saturated carbocycles. The highest BCUT2D eigenvalue weighted by molar-refractivity contribution is 8.01. The van der Waals surface area contributed by atoms with Crippen molar-refractivity contribution in [2.45, 2.75) is 18.9 Å². The molecule has 1 aliphatic heterocycles. The lowest BCUT2D eigenvalue weighted by Crippen LogP contribution is -2.34. The zero-order valence-electron chi connectivity index (χ0n) is 9.57. The number of hydrogen-bond donors (Lipinski definition) is 0. The average molecular weight is 214 g/mol. The first-order chi connectivity index (χ1) is 6.74. The van der Waals surface area contributed by atoms with E-state index in [0.717, 1.165) is 0 Å². The van der Waals surface area contributed by atoms with E-state index < -0.39 is 0 Å². The first kappa shape index (κ1) is 12.1. The van der Waals surface area contributed by atoms with E-state index in [1.165, 1.54) is 32.5 Å². The van der Waals surface area contributed by atoms with Crippen molar-refractivity contribution in [2.24, 2.45) is 0 Å². The third kappa shape index (κ3) is 4.03. The topological polar surface area (TPSA) is 6.48 Å². The molecule has 1 saturated heterocycles. The number of rotatable bonds is 5. The van der Waals surface area contributed by atoms with Crippen molar-refractivity contribution in [1.82, 2.24) is 9.80 Å². The number of likely N-dealkylation sites (tertiary alicyclic amines) is 1. The monoisotopic (exact) mass is 214 g/mol. The predicted molar refractivity (Wildman–Crippen MR) is 65.8 cm³/mol. The quantitative estimate of drug-likeness (QED) is 0.690. The molecule has 0 aromatic carbocycles. The second-order valence-corrected chi connectivity index (χ2v) is 4.86. The molecule has 0 aromatic heterocycles. The van der Waals surface area contributed by atoms with Gasteiger partial charge in [-0.3, -0.25) is 4.90 Å². The summed E-state index contributed by atoms with van der Waals surface area (Å²) < 4.78 is 0. The van der Waals surface area contributed by atoms with Crippen molar-refractivity contribution in [1.29, 1.82) is 0 Å². The lowest BCUT2D eigenvalue weighted by Gasteiger charge is -2.23. The highest BCUT2D eigenvalue weighted by Gasteiger charge is 2.21. The van der Waals surface area contributed by atoms with Crippen LogP contribution in [0.25, 0.3) is 0 Å². The fraction of sp³-hybridized carbons (Fsp3) is 0.818. The van der Waals surface area contributed by atoms with Crippen LogP contribution in [-0.2, 0) is 0 Å². The molecule has 0 spiro atoms. The fourth-order valence-electron chi connectivity index (χ4n) is 1.85. The minimum atomic E-state index is 0.697. The van der Waals surface area contributed by atoms with Crippen LogP contribution in [0.1, 0.15) is 12.8 Å². The van der Waals surface area contributed by atoms with Crippen LogP contribution in [0.15, 0.2) is 11.5 Å². The summed E-state index contributed by atoms with van der Waals surface area (Å²) in [7, 11) is 4.28. The third-order valence-corrected chi connectivity index (χ3v) is 3.11. The van der Waals surface area contributed by atoms with E-state index >= 15 is 0 Å². The van der Waals surface area contributed by atoms with Crippen LogP contribution >= 0.6 is 11.8 Å². The number of likely N-dealkylation sites (N-methyl/N-ethyl adjacent to an activating group) is 1. The van der Waals surface area contributed by atoms with Crippen molar-refractivity contribution >= 4 is 11.8 Å². The van der Waals surface area contributed by atoms with E-state index in [4.69, 9.17) is 0 Å². The van der Waals surface area contributed by atoms with Crippen LogP contribution < -0.4 is 0 Å². The summed E-state index contributed by atoms with van der Waals surface area (Å²) in [6.07, 6.45) is 7.17. The number of thioether (sulfide) groups is 1. The highest BCUT2D eigenvalue weighted by atomic mass is 32.2. The van der Waals surface area contributed by atoms with Crippen LogP contribution in [0.2, 0.25) is 0 Å². The van der Waals surface area contributed by atoms with Crippen LogP contribution in [0.4, 0.5) is 0 Å². The van der Waals surface area contributed by atoms with Crippen molar-refractivity contribution in [3.8, 4) is 0 Å². The number of nitrogens with zero attached hydrogens (tertiary/aromatic N) is 2. The first-order valence-electron chi connectivity index (χ1n) is 5.32. The average Bonchev–Trinajstić information content (AvgIpc) is 2.58. The molecular formula is C11H22N2S. The maximum Gasteiger partial charge on any atom is 0.0287 e. The van der Waals surface area contributed by atoms with Crippen molar-refractivity contribution in [2.75, 3.05) is 40.0 Å². The van der Waals surface area contributed by atoms with Gasteiger partial charge in [-0.1, -0.05) is 6.08 Å². The zero-order valence-corrected chi connectivity index (χ0v) is 10.4. The van der Waals surface area contributed by atoms with E-state index in [9.17, 15) is 0 Å². The van der Waals surface area contributed by atoms with Crippen LogP contribution in [-0.4, -0.2) is 55.8 Å². The minimum Gasteiger partial charge on any atom is -0.308 e. The third-order valence-electron chi connectivity index (χ3n) is 2.69. The molecule has 1 aliphatic rings. The standard InChI is InChI=1S/C11H22N2S/c1-12(2)8-9-13-7-4-5-11(13)6-10-14-3/h6,10-11H,4-5,7-9H2,1-3H3/b10-6+. The molecule has 0 aromatic rings. The second-order valence-electron chi connectivity index (χ2n) is 4.11. The largest absolute Gasteiger partial charge is 0.308 e.